The normalized spacial score (nSPS) is 11.5. The Bertz CT molecular complexity index is 2390. The second-order valence-electron chi connectivity index (χ2n) is 12.2. The van der Waals surface area contributed by atoms with E-state index in [-0.39, 0.29) is 5.78 Å². The van der Waals surface area contributed by atoms with Gasteiger partial charge in [0.1, 0.15) is 52.7 Å². The Balaban J connectivity index is 0.000000366. The molecule has 25 heteroatoms. The monoisotopic (exact) mass is 956 g/mol. The van der Waals surface area contributed by atoms with Gasteiger partial charge in [0.05, 0.1) is 12.4 Å². The van der Waals surface area contributed by atoms with Gasteiger partial charge in [0.2, 0.25) is 12.3 Å². The molecule has 0 aliphatic heterocycles. The lowest BCUT2D eigenvalue weighted by molar-refractivity contribution is -0.683. The van der Waals surface area contributed by atoms with Gasteiger partial charge in [0, 0.05) is 10.0 Å². The Morgan fingerprint density at radius 1 is 0.443 bits per heavy atom. The first kappa shape index (κ1) is 46.1. The summed E-state index contributed by atoms with van der Waals surface area (Å²) in [5.41, 5.74) is -13.6. The molecule has 3 nitrogen and oxygen atoms in total. The smallest absolute Gasteiger partial charge is 0.227 e. The topological polar surface area (TPSA) is 33.8 Å². The fourth-order valence-electron chi connectivity index (χ4n) is 6.25. The minimum atomic E-state index is -7.22. The van der Waals surface area contributed by atoms with Gasteiger partial charge in [0.15, 0.2) is 82.2 Å². The third-order valence-corrected chi connectivity index (χ3v) is 9.36. The van der Waals surface area contributed by atoms with Gasteiger partial charge >= 0.3 is 0 Å². The minimum absolute atomic E-state index is 0.0810. The summed E-state index contributed by atoms with van der Waals surface area (Å²) >= 11 is 3.35. The van der Waals surface area contributed by atoms with E-state index in [4.69, 9.17) is 0 Å². The first-order valence-electron chi connectivity index (χ1n) is 15.8. The molecule has 6 rings (SSSR count). The van der Waals surface area contributed by atoms with Gasteiger partial charge in [-0.3, -0.25) is 9.78 Å². The summed E-state index contributed by atoms with van der Waals surface area (Å²) in [5, 5.41) is 0. The largest absolute Gasteiger partial charge is 0.287 e. The van der Waals surface area contributed by atoms with E-state index in [9.17, 15) is 57.5 Å². The highest BCUT2D eigenvalue weighted by atomic mass is 79.9. The lowest BCUT2D eigenvalue weighted by Gasteiger charge is -2.44. The van der Waals surface area contributed by atoms with E-state index in [1.54, 1.807) is 29.4 Å². The third kappa shape index (κ3) is 7.45. The Hall–Kier alpha value is -6.01. The minimum Gasteiger partial charge on any atom is -0.287 e. The van der Waals surface area contributed by atoms with Gasteiger partial charge in [0.25, 0.3) is 0 Å². The lowest BCUT2D eigenvalue weighted by atomic mass is 9.12. The van der Waals surface area contributed by atoms with Crippen LogP contribution in [0.1, 0.15) is 10.4 Å². The SMILES string of the molecule is Fc1c(F)c(F)c([B-](c2c(F)c(F)c(F)c(F)c2F)(c2c(F)c(F)c(F)c(F)c2F)c2c(F)c(F)c(F)c(F)c2F)c(F)c1F.O=C(C[n+]1ccncc1)c1cccc(Br)c1. The molecule has 1 heterocycles. The molecule has 320 valence electrons. The summed E-state index contributed by atoms with van der Waals surface area (Å²) in [6.45, 7) is 0.332. The van der Waals surface area contributed by atoms with Crippen LogP contribution in [0.3, 0.4) is 0 Å². The molecule has 0 amide bonds. The lowest BCUT2D eigenvalue weighted by Crippen LogP contribution is -2.81. The summed E-state index contributed by atoms with van der Waals surface area (Å²) in [4.78, 5) is 15.8. The first-order chi connectivity index (χ1) is 28.5. The van der Waals surface area contributed by atoms with Gasteiger partial charge in [-0.25, -0.2) is 87.8 Å². The van der Waals surface area contributed by atoms with Crippen molar-refractivity contribution in [1.29, 1.82) is 0 Å². The fraction of sp³-hybridized carbons (Fsp3) is 0.0278. The molecule has 0 atom stereocenters. The van der Waals surface area contributed by atoms with Crippen molar-refractivity contribution >= 4 is 49.7 Å². The number of rotatable bonds is 7. The molecule has 5 aromatic carbocycles. The van der Waals surface area contributed by atoms with Gasteiger partial charge < -0.3 is 0 Å². The highest BCUT2D eigenvalue weighted by molar-refractivity contribution is 9.10. The number of hydrogen-bond donors (Lipinski definition) is 0. The molecule has 0 radical (unpaired) electrons. The number of benzene rings is 5. The molecule has 0 unspecified atom stereocenters. The molecular formula is C36H10BBrF20N2O. The summed E-state index contributed by atoms with van der Waals surface area (Å²) in [6.07, 6.45) is -0.348. The predicted molar refractivity (Wildman–Crippen MR) is 172 cm³/mol. The Morgan fingerprint density at radius 3 is 0.967 bits per heavy atom. The van der Waals surface area contributed by atoms with Crippen LogP contribution in [-0.4, -0.2) is 16.9 Å². The molecule has 0 N–H and O–H groups in total. The molecular weight excluding hydrogens is 947 g/mol. The quantitative estimate of drug-likeness (QED) is 0.0409. The number of halogens is 21. The third-order valence-electron chi connectivity index (χ3n) is 8.87. The van der Waals surface area contributed by atoms with Crippen LogP contribution in [0.2, 0.25) is 0 Å². The second kappa shape index (κ2) is 17.2. The van der Waals surface area contributed by atoms with Crippen LogP contribution >= 0.6 is 15.9 Å². The van der Waals surface area contributed by atoms with Crippen LogP contribution in [0.15, 0.2) is 53.5 Å². The highest BCUT2D eigenvalue weighted by Gasteiger charge is 2.52. The number of hydrogen-bond acceptors (Lipinski definition) is 2. The molecule has 0 aliphatic rings. The standard InChI is InChI=1S/C24BF20.C12H10BrN2O/c26-5-1(6(27)14(35)21(42)13(5)34)25(2-7(28)15(36)22(43)16(37)8(2)29,3-9(30)17(38)23(44)18(39)10(3)31)4-11(32)19(40)24(45)20(41)12(4)33;13-11-3-1-2-10(8-11)12(16)9-15-6-4-14-5-7-15/h;1-8H,9H2/q-1;+1. The summed E-state index contributed by atoms with van der Waals surface area (Å²) in [6, 6.07) is 7.39. The zero-order chi connectivity index (χ0) is 45.7. The van der Waals surface area contributed by atoms with Crippen molar-refractivity contribution < 1.29 is 97.2 Å². The first-order valence-corrected chi connectivity index (χ1v) is 16.6. The van der Waals surface area contributed by atoms with E-state index in [1.165, 1.54) is 0 Å². The van der Waals surface area contributed by atoms with Crippen molar-refractivity contribution in [3.05, 3.63) is 175 Å². The van der Waals surface area contributed by atoms with Crippen molar-refractivity contribution in [3.63, 3.8) is 0 Å². The summed E-state index contributed by atoms with van der Waals surface area (Å²) in [5.74, 6) is -71.3. The molecule has 0 fully saturated rings. The summed E-state index contributed by atoms with van der Waals surface area (Å²) in [7, 11) is 0. The molecule has 61 heavy (non-hydrogen) atoms. The van der Waals surface area contributed by atoms with Crippen molar-refractivity contribution in [3.8, 4) is 0 Å². The van der Waals surface area contributed by atoms with E-state index < -0.39 is 144 Å². The molecule has 0 saturated heterocycles. The molecule has 6 aromatic rings. The van der Waals surface area contributed by atoms with Crippen LogP contribution in [0.4, 0.5) is 87.8 Å². The van der Waals surface area contributed by atoms with Gasteiger partial charge in [-0.05, 0) is 12.1 Å². The van der Waals surface area contributed by atoms with E-state index in [1.807, 2.05) is 24.3 Å². The number of ketones is 1. The van der Waals surface area contributed by atoms with Crippen LogP contribution in [-0.2, 0) is 6.54 Å². The van der Waals surface area contributed by atoms with Crippen molar-refractivity contribution in [2.24, 2.45) is 0 Å². The molecule has 1 aromatic heterocycles. The summed E-state index contributed by atoms with van der Waals surface area (Å²) < 4.78 is 297. The number of carbonyl (C=O) groups is 1. The Labute approximate surface area is 333 Å². The number of carbonyl (C=O) groups excluding carboxylic acids is 1. The van der Waals surface area contributed by atoms with Crippen molar-refractivity contribution in [2.75, 3.05) is 0 Å². The highest BCUT2D eigenvalue weighted by Crippen LogP contribution is 2.30. The van der Waals surface area contributed by atoms with Crippen LogP contribution in [0, 0.1) is 116 Å². The van der Waals surface area contributed by atoms with Crippen molar-refractivity contribution in [1.82, 2.24) is 4.98 Å². The predicted octanol–water partition coefficient (Wildman–Crippen LogP) is 7.86. The maximum atomic E-state index is 15.4. The molecule has 0 bridgehead atoms. The fourth-order valence-corrected chi connectivity index (χ4v) is 6.65. The van der Waals surface area contributed by atoms with E-state index in [0.29, 0.717) is 12.1 Å². The zero-order valence-electron chi connectivity index (χ0n) is 28.6. The Kier molecular flexibility index (Phi) is 13.0. The average Bonchev–Trinajstić information content (AvgIpc) is 3.24. The van der Waals surface area contributed by atoms with E-state index >= 15 is 35.1 Å². The second-order valence-corrected chi connectivity index (χ2v) is 13.1. The molecule has 0 spiro atoms. The van der Waals surface area contributed by atoms with E-state index in [2.05, 4.69) is 20.9 Å². The van der Waals surface area contributed by atoms with Crippen LogP contribution in [0.25, 0.3) is 0 Å². The van der Waals surface area contributed by atoms with Crippen LogP contribution < -0.4 is 26.4 Å². The van der Waals surface area contributed by atoms with E-state index in [0.717, 1.165) is 4.47 Å². The maximum Gasteiger partial charge on any atom is 0.227 e. The number of Topliss-reactive ketones (excluding diaryl/α,β-unsaturated/α-hetero) is 1. The average molecular weight is 957 g/mol. The molecule has 0 saturated carbocycles. The number of aromatic nitrogens is 2. The number of nitrogens with zero attached hydrogens (tertiary/aromatic N) is 2. The van der Waals surface area contributed by atoms with Gasteiger partial charge in [-0.2, -0.15) is 4.57 Å². The van der Waals surface area contributed by atoms with Crippen LogP contribution in [0.5, 0.6) is 0 Å². The van der Waals surface area contributed by atoms with Gasteiger partial charge in [-0.1, -0.05) is 28.1 Å². The Morgan fingerprint density at radius 2 is 0.705 bits per heavy atom. The maximum absolute atomic E-state index is 15.4. The van der Waals surface area contributed by atoms with Gasteiger partial charge in [-0.15, -0.1) is 21.9 Å². The zero-order valence-corrected chi connectivity index (χ0v) is 30.2. The molecule has 0 aliphatic carbocycles. The van der Waals surface area contributed by atoms with Crippen molar-refractivity contribution in [2.45, 2.75) is 6.54 Å².